The van der Waals surface area contributed by atoms with Gasteiger partial charge in [0.2, 0.25) is 5.43 Å². The molecule has 0 aliphatic carbocycles. The van der Waals surface area contributed by atoms with Gasteiger partial charge in [-0.05, 0) is 36.2 Å². The van der Waals surface area contributed by atoms with Crippen molar-refractivity contribution in [3.05, 3.63) is 76.1 Å². The van der Waals surface area contributed by atoms with Gasteiger partial charge in [0.1, 0.15) is 11.8 Å². The summed E-state index contributed by atoms with van der Waals surface area (Å²) in [6.45, 7) is 2.02. The highest BCUT2D eigenvalue weighted by molar-refractivity contribution is 6.39. The summed E-state index contributed by atoms with van der Waals surface area (Å²) in [6, 6.07) is 14.0. The molecule has 0 unspecified atom stereocenters. The molecule has 0 saturated heterocycles. The molecule has 1 heterocycles. The highest BCUT2D eigenvalue weighted by Gasteiger charge is 2.13. The van der Waals surface area contributed by atoms with Crippen LogP contribution < -0.4 is 16.2 Å². The average Bonchev–Trinajstić information content (AvgIpc) is 2.70. The Kier molecular flexibility index (Phi) is 5.41. The number of hydrogen-bond donors (Lipinski definition) is 2. The molecular weight excluding hydrogens is 346 g/mol. The molecule has 0 spiro atoms. The van der Waals surface area contributed by atoms with E-state index in [-0.39, 0.29) is 11.0 Å². The molecule has 27 heavy (non-hydrogen) atoms. The van der Waals surface area contributed by atoms with Crippen LogP contribution >= 0.6 is 0 Å². The Morgan fingerprint density at radius 3 is 2.56 bits per heavy atom. The van der Waals surface area contributed by atoms with Crippen molar-refractivity contribution in [1.82, 2.24) is 5.43 Å². The molecule has 2 N–H and O–H groups in total. The highest BCUT2D eigenvalue weighted by atomic mass is 16.3. The second-order valence-electron chi connectivity index (χ2n) is 5.72. The Balaban J connectivity index is 1.63. The number of hydrogen-bond acceptors (Lipinski definition) is 5. The lowest BCUT2D eigenvalue weighted by molar-refractivity contribution is -0.136. The second kappa shape index (κ2) is 8.09. The molecule has 0 fully saturated rings. The fourth-order valence-corrected chi connectivity index (χ4v) is 2.40. The van der Waals surface area contributed by atoms with Gasteiger partial charge in [-0.3, -0.25) is 14.4 Å². The summed E-state index contributed by atoms with van der Waals surface area (Å²) in [5, 5.41) is 6.53. The first-order valence-electron chi connectivity index (χ1n) is 8.32. The molecular formula is C20H17N3O4. The van der Waals surface area contributed by atoms with E-state index in [0.717, 1.165) is 18.2 Å². The Hall–Kier alpha value is -3.74. The van der Waals surface area contributed by atoms with Crippen LogP contribution in [0.5, 0.6) is 0 Å². The van der Waals surface area contributed by atoms with Gasteiger partial charge < -0.3 is 9.73 Å². The SMILES string of the molecule is CCc1ccc(NC(=O)C(=O)N/N=C/c2coc3ccccc3c2=O)cc1. The van der Waals surface area contributed by atoms with Crippen LogP contribution in [0, 0.1) is 0 Å². The van der Waals surface area contributed by atoms with E-state index in [4.69, 9.17) is 4.42 Å². The molecule has 3 rings (SSSR count). The first kappa shape index (κ1) is 18.1. The van der Waals surface area contributed by atoms with Crippen molar-refractivity contribution in [1.29, 1.82) is 0 Å². The fourth-order valence-electron chi connectivity index (χ4n) is 2.40. The van der Waals surface area contributed by atoms with Gasteiger partial charge in [-0.2, -0.15) is 5.10 Å². The van der Waals surface area contributed by atoms with Crippen molar-refractivity contribution < 1.29 is 14.0 Å². The van der Waals surface area contributed by atoms with Crippen molar-refractivity contribution in [2.45, 2.75) is 13.3 Å². The van der Waals surface area contributed by atoms with Gasteiger partial charge in [0, 0.05) is 5.69 Å². The van der Waals surface area contributed by atoms with Crippen molar-refractivity contribution in [3.8, 4) is 0 Å². The molecule has 2 amide bonds. The van der Waals surface area contributed by atoms with Gasteiger partial charge in [-0.15, -0.1) is 0 Å². The van der Waals surface area contributed by atoms with Gasteiger partial charge in [0.15, 0.2) is 0 Å². The van der Waals surface area contributed by atoms with Gasteiger partial charge in [0.05, 0.1) is 17.2 Å². The Labute approximate surface area is 154 Å². The van der Waals surface area contributed by atoms with E-state index in [2.05, 4.69) is 15.8 Å². The number of carbonyl (C=O) groups excluding carboxylic acids is 2. The maximum Gasteiger partial charge on any atom is 0.329 e. The summed E-state index contributed by atoms with van der Waals surface area (Å²) in [5.41, 5.74) is 4.05. The monoisotopic (exact) mass is 363 g/mol. The van der Waals surface area contributed by atoms with Crippen molar-refractivity contribution in [2.24, 2.45) is 5.10 Å². The minimum absolute atomic E-state index is 0.157. The van der Waals surface area contributed by atoms with E-state index >= 15 is 0 Å². The topological polar surface area (TPSA) is 101 Å². The molecule has 7 nitrogen and oxygen atoms in total. The molecule has 0 aliphatic heterocycles. The van der Waals surface area contributed by atoms with Crippen LogP contribution in [0.2, 0.25) is 0 Å². The number of rotatable bonds is 4. The van der Waals surface area contributed by atoms with Crippen LogP contribution in [-0.2, 0) is 16.0 Å². The van der Waals surface area contributed by atoms with Crippen molar-refractivity contribution in [2.75, 3.05) is 5.32 Å². The third kappa shape index (κ3) is 4.27. The molecule has 0 radical (unpaired) electrons. The summed E-state index contributed by atoms with van der Waals surface area (Å²) in [6.07, 6.45) is 3.27. The first-order valence-corrected chi connectivity index (χ1v) is 8.32. The van der Waals surface area contributed by atoms with Gasteiger partial charge in [-0.1, -0.05) is 31.2 Å². The van der Waals surface area contributed by atoms with Crippen molar-refractivity contribution in [3.63, 3.8) is 0 Å². The number of carbonyl (C=O) groups is 2. The standard InChI is InChI=1S/C20H17N3O4/c1-2-13-7-9-15(10-8-13)22-19(25)20(26)23-21-11-14-12-27-17-6-4-3-5-16(17)18(14)24/h3-12H,2H2,1H3,(H,22,25)(H,23,26)/b21-11+. The van der Waals surface area contributed by atoms with E-state index in [1.54, 1.807) is 36.4 Å². The minimum atomic E-state index is -0.948. The lowest BCUT2D eigenvalue weighted by atomic mass is 10.1. The summed E-state index contributed by atoms with van der Waals surface area (Å²) in [4.78, 5) is 36.0. The minimum Gasteiger partial charge on any atom is -0.463 e. The molecule has 1 aromatic heterocycles. The Morgan fingerprint density at radius 2 is 1.81 bits per heavy atom. The third-order valence-corrected chi connectivity index (χ3v) is 3.90. The van der Waals surface area contributed by atoms with Crippen LogP contribution in [-0.4, -0.2) is 18.0 Å². The van der Waals surface area contributed by atoms with E-state index in [1.165, 1.54) is 6.26 Å². The molecule has 0 aliphatic rings. The number of anilines is 1. The zero-order valence-corrected chi connectivity index (χ0v) is 14.6. The summed E-state index contributed by atoms with van der Waals surface area (Å²) in [5.74, 6) is -1.81. The van der Waals surface area contributed by atoms with Gasteiger partial charge in [-0.25, -0.2) is 5.43 Å². The fraction of sp³-hybridized carbons (Fsp3) is 0.100. The first-order chi connectivity index (χ1) is 13.1. The highest BCUT2D eigenvalue weighted by Crippen LogP contribution is 2.10. The average molecular weight is 363 g/mol. The van der Waals surface area contributed by atoms with E-state index < -0.39 is 11.8 Å². The summed E-state index contributed by atoms with van der Waals surface area (Å²) in [7, 11) is 0. The van der Waals surface area contributed by atoms with Gasteiger partial charge in [0.25, 0.3) is 0 Å². The molecule has 2 aromatic carbocycles. The molecule has 3 aromatic rings. The molecule has 0 atom stereocenters. The predicted molar refractivity (Wildman–Crippen MR) is 103 cm³/mol. The van der Waals surface area contributed by atoms with Crippen LogP contribution in [0.3, 0.4) is 0 Å². The number of nitrogens with zero attached hydrogens (tertiary/aromatic N) is 1. The van der Waals surface area contributed by atoms with Crippen LogP contribution in [0.15, 0.2) is 69.1 Å². The third-order valence-electron chi connectivity index (χ3n) is 3.90. The largest absolute Gasteiger partial charge is 0.463 e. The van der Waals surface area contributed by atoms with E-state index in [9.17, 15) is 14.4 Å². The molecule has 136 valence electrons. The Morgan fingerprint density at radius 1 is 1.07 bits per heavy atom. The summed E-state index contributed by atoms with van der Waals surface area (Å²) >= 11 is 0. The zero-order chi connectivity index (χ0) is 19.2. The Bertz CT molecular complexity index is 1070. The van der Waals surface area contributed by atoms with E-state index in [0.29, 0.717) is 16.7 Å². The van der Waals surface area contributed by atoms with Gasteiger partial charge >= 0.3 is 11.8 Å². The number of amides is 2. The second-order valence-corrected chi connectivity index (χ2v) is 5.72. The number of fused-ring (bicyclic) bond motifs is 1. The smallest absolute Gasteiger partial charge is 0.329 e. The lowest BCUT2D eigenvalue weighted by Gasteiger charge is -2.04. The predicted octanol–water partition coefficient (Wildman–Crippen LogP) is 2.44. The van der Waals surface area contributed by atoms with Crippen LogP contribution in [0.1, 0.15) is 18.1 Å². The van der Waals surface area contributed by atoms with Crippen LogP contribution in [0.25, 0.3) is 11.0 Å². The number of aryl methyl sites for hydroxylation is 1. The number of hydrazone groups is 1. The van der Waals surface area contributed by atoms with Crippen LogP contribution in [0.4, 0.5) is 5.69 Å². The van der Waals surface area contributed by atoms with E-state index in [1.807, 2.05) is 19.1 Å². The lowest BCUT2D eigenvalue weighted by Crippen LogP contribution is -2.32. The molecule has 0 saturated carbocycles. The maximum atomic E-state index is 12.3. The maximum absolute atomic E-state index is 12.3. The zero-order valence-electron chi connectivity index (χ0n) is 14.6. The quantitative estimate of drug-likeness (QED) is 0.422. The molecule has 7 heteroatoms. The van der Waals surface area contributed by atoms with Crippen molar-refractivity contribution >= 4 is 34.7 Å². The molecule has 0 bridgehead atoms. The number of nitrogens with one attached hydrogen (secondary N) is 2. The normalized spacial score (nSPS) is 10.9. The number of para-hydroxylation sites is 1. The summed E-state index contributed by atoms with van der Waals surface area (Å²) < 4.78 is 5.34. The number of benzene rings is 2.